The number of nitrogens with zero attached hydrogens (tertiary/aromatic N) is 3. The second-order valence-corrected chi connectivity index (χ2v) is 9.25. The Bertz CT molecular complexity index is 1410. The number of hydrogen-bond donors (Lipinski definition) is 1. The fourth-order valence-electron chi connectivity index (χ4n) is 3.33. The van der Waals surface area contributed by atoms with Crippen molar-refractivity contribution in [1.29, 1.82) is 0 Å². The van der Waals surface area contributed by atoms with Gasteiger partial charge in [-0.05, 0) is 61.4 Å². The molecule has 0 saturated carbocycles. The van der Waals surface area contributed by atoms with Crippen LogP contribution in [0.3, 0.4) is 0 Å². The monoisotopic (exact) mass is 498 g/mol. The first kappa shape index (κ1) is 23.3. The molecule has 0 aliphatic carbocycles. The molecule has 0 radical (unpaired) electrons. The summed E-state index contributed by atoms with van der Waals surface area (Å²) in [5, 5.41) is 4.72. The number of aryl methyl sites for hydroxylation is 1. The van der Waals surface area contributed by atoms with Crippen molar-refractivity contribution in [2.75, 3.05) is 5.75 Å². The molecule has 1 unspecified atom stereocenters. The zero-order chi connectivity index (χ0) is 23.5. The summed E-state index contributed by atoms with van der Waals surface area (Å²) in [6.07, 6.45) is 1.65. The largest absolute Gasteiger partial charge is 0.349 e. The van der Waals surface area contributed by atoms with E-state index in [2.05, 4.69) is 15.3 Å². The molecular weight excluding hydrogens is 479 g/mol. The number of thioether (sulfide) groups is 1. The van der Waals surface area contributed by atoms with Crippen molar-refractivity contribution in [2.45, 2.75) is 25.0 Å². The lowest BCUT2D eigenvalue weighted by Crippen LogP contribution is -2.29. The number of carbonyl (C=O) groups excluding carboxylic acids is 1. The van der Waals surface area contributed by atoms with E-state index in [0.29, 0.717) is 31.9 Å². The quantitative estimate of drug-likeness (QED) is 0.285. The maximum Gasteiger partial charge on any atom is 0.267 e. The Morgan fingerprint density at radius 2 is 1.91 bits per heavy atom. The zero-order valence-corrected chi connectivity index (χ0v) is 20.2. The highest BCUT2D eigenvalue weighted by Gasteiger charge is 2.17. The Morgan fingerprint density at radius 1 is 1.12 bits per heavy atom. The number of nitrogens with one attached hydrogen (secondary N) is 1. The molecule has 168 valence electrons. The SMILES string of the molecule is Cc1ccnc(-n2c(SCC(=O)NC(C)c3ccc(Cl)c(Cl)c3)nc3ccccc3c2=O)c1. The third-order valence-electron chi connectivity index (χ3n) is 5.03. The minimum atomic E-state index is -0.266. The first-order valence-electron chi connectivity index (χ1n) is 10.2. The second-order valence-electron chi connectivity index (χ2n) is 7.49. The van der Waals surface area contributed by atoms with Crippen molar-refractivity contribution in [2.24, 2.45) is 0 Å². The van der Waals surface area contributed by atoms with Gasteiger partial charge < -0.3 is 5.32 Å². The van der Waals surface area contributed by atoms with Crippen LogP contribution in [0.15, 0.2) is 70.7 Å². The lowest BCUT2D eigenvalue weighted by molar-refractivity contribution is -0.119. The van der Waals surface area contributed by atoms with E-state index in [0.717, 1.165) is 11.1 Å². The van der Waals surface area contributed by atoms with Crippen molar-refractivity contribution in [3.8, 4) is 5.82 Å². The van der Waals surface area contributed by atoms with Crippen molar-refractivity contribution >= 4 is 51.8 Å². The molecule has 1 N–H and O–H groups in total. The normalized spacial score (nSPS) is 12.0. The zero-order valence-electron chi connectivity index (χ0n) is 17.9. The molecule has 6 nitrogen and oxygen atoms in total. The van der Waals surface area contributed by atoms with Crippen LogP contribution in [0.2, 0.25) is 10.0 Å². The van der Waals surface area contributed by atoms with Crippen molar-refractivity contribution < 1.29 is 4.79 Å². The molecule has 4 aromatic rings. The number of benzene rings is 2. The molecule has 1 amide bonds. The number of aromatic nitrogens is 3. The molecule has 0 aliphatic rings. The first-order valence-corrected chi connectivity index (χ1v) is 11.9. The van der Waals surface area contributed by atoms with E-state index in [-0.39, 0.29) is 23.3 Å². The molecule has 9 heteroatoms. The molecule has 33 heavy (non-hydrogen) atoms. The lowest BCUT2D eigenvalue weighted by atomic mass is 10.1. The van der Waals surface area contributed by atoms with Gasteiger partial charge in [-0.3, -0.25) is 9.59 Å². The summed E-state index contributed by atoms with van der Waals surface area (Å²) in [6, 6.07) is 15.8. The topological polar surface area (TPSA) is 76.9 Å². The first-order chi connectivity index (χ1) is 15.8. The highest BCUT2D eigenvalue weighted by Crippen LogP contribution is 2.26. The molecule has 2 aromatic heterocycles. The van der Waals surface area contributed by atoms with Crippen molar-refractivity contribution in [3.05, 3.63) is 92.3 Å². The van der Waals surface area contributed by atoms with E-state index in [9.17, 15) is 9.59 Å². The molecule has 0 spiro atoms. The highest BCUT2D eigenvalue weighted by atomic mass is 35.5. The van der Waals surface area contributed by atoms with Gasteiger partial charge in [0.05, 0.1) is 32.7 Å². The molecule has 1 atom stereocenters. The van der Waals surface area contributed by atoms with Crippen LogP contribution in [0, 0.1) is 6.92 Å². The molecule has 2 aromatic carbocycles. The summed E-state index contributed by atoms with van der Waals surface area (Å²) >= 11 is 13.2. The number of rotatable bonds is 6. The van der Waals surface area contributed by atoms with Crippen LogP contribution in [-0.2, 0) is 4.79 Å². The Kier molecular flexibility index (Phi) is 7.02. The van der Waals surface area contributed by atoms with E-state index in [4.69, 9.17) is 23.2 Å². The van der Waals surface area contributed by atoms with Gasteiger partial charge in [-0.15, -0.1) is 0 Å². The molecule has 4 rings (SSSR count). The van der Waals surface area contributed by atoms with Crippen LogP contribution >= 0.6 is 35.0 Å². The minimum Gasteiger partial charge on any atom is -0.349 e. The number of para-hydroxylation sites is 1. The van der Waals surface area contributed by atoms with E-state index in [1.54, 1.807) is 36.5 Å². The van der Waals surface area contributed by atoms with Crippen LogP contribution in [-0.4, -0.2) is 26.2 Å². The van der Waals surface area contributed by atoms with Gasteiger partial charge in [-0.25, -0.2) is 14.5 Å². The molecule has 2 heterocycles. The number of fused-ring (bicyclic) bond motifs is 1. The summed E-state index contributed by atoms with van der Waals surface area (Å²) in [4.78, 5) is 35.0. The third-order valence-corrected chi connectivity index (χ3v) is 6.71. The highest BCUT2D eigenvalue weighted by molar-refractivity contribution is 7.99. The summed E-state index contributed by atoms with van der Waals surface area (Å²) < 4.78 is 1.45. The fourth-order valence-corrected chi connectivity index (χ4v) is 4.45. The van der Waals surface area contributed by atoms with Crippen molar-refractivity contribution in [3.63, 3.8) is 0 Å². The average molecular weight is 499 g/mol. The molecule has 0 fully saturated rings. The fraction of sp³-hybridized carbons (Fsp3) is 0.167. The predicted molar refractivity (Wildman–Crippen MR) is 134 cm³/mol. The van der Waals surface area contributed by atoms with Gasteiger partial charge in [-0.1, -0.05) is 53.2 Å². The Morgan fingerprint density at radius 3 is 2.67 bits per heavy atom. The molecule has 0 aliphatic heterocycles. The van der Waals surface area contributed by atoms with Gasteiger partial charge in [0.25, 0.3) is 5.56 Å². The number of halogens is 2. The van der Waals surface area contributed by atoms with Gasteiger partial charge in [-0.2, -0.15) is 0 Å². The summed E-state index contributed by atoms with van der Waals surface area (Å²) in [5.74, 6) is 0.331. The predicted octanol–water partition coefficient (Wildman–Crippen LogP) is 5.37. The smallest absolute Gasteiger partial charge is 0.267 e. The maximum atomic E-state index is 13.3. The lowest BCUT2D eigenvalue weighted by Gasteiger charge is -2.16. The van der Waals surface area contributed by atoms with Gasteiger partial charge >= 0.3 is 0 Å². The Hall–Kier alpha value is -2.87. The number of carbonyl (C=O) groups is 1. The average Bonchev–Trinajstić information content (AvgIpc) is 2.79. The van der Waals surface area contributed by atoms with Gasteiger partial charge in [0.15, 0.2) is 5.16 Å². The van der Waals surface area contributed by atoms with Gasteiger partial charge in [0.1, 0.15) is 5.82 Å². The van der Waals surface area contributed by atoms with Crippen LogP contribution in [0.5, 0.6) is 0 Å². The number of amides is 1. The summed E-state index contributed by atoms with van der Waals surface area (Å²) in [5.41, 5.74) is 2.14. The van der Waals surface area contributed by atoms with E-state index < -0.39 is 0 Å². The maximum absolute atomic E-state index is 13.3. The van der Waals surface area contributed by atoms with E-state index in [1.807, 2.05) is 38.1 Å². The standard InChI is InChI=1S/C24H20Cl2N4O2S/c1-14-9-10-27-21(11-14)30-23(32)17-5-3-4-6-20(17)29-24(30)33-13-22(31)28-15(2)16-7-8-18(25)19(26)12-16/h3-12,15H,13H2,1-2H3,(H,28,31). The molecular formula is C24H20Cl2N4O2S. The van der Waals surface area contributed by atoms with Gasteiger partial charge in [0, 0.05) is 6.20 Å². The second kappa shape index (κ2) is 9.95. The van der Waals surface area contributed by atoms with Crippen LogP contribution in [0.1, 0.15) is 24.1 Å². The number of hydrogen-bond acceptors (Lipinski definition) is 5. The Balaban J connectivity index is 1.60. The molecule has 0 saturated heterocycles. The van der Waals surface area contributed by atoms with E-state index in [1.165, 1.54) is 16.3 Å². The molecule has 0 bridgehead atoms. The summed E-state index contributed by atoms with van der Waals surface area (Å²) in [7, 11) is 0. The summed E-state index contributed by atoms with van der Waals surface area (Å²) in [6.45, 7) is 3.79. The number of pyridine rings is 1. The van der Waals surface area contributed by atoms with Crippen LogP contribution in [0.4, 0.5) is 0 Å². The van der Waals surface area contributed by atoms with Gasteiger partial charge in [0.2, 0.25) is 5.91 Å². The van der Waals surface area contributed by atoms with Crippen LogP contribution in [0.25, 0.3) is 16.7 Å². The minimum absolute atomic E-state index is 0.0717. The Labute approximate surface area is 205 Å². The van der Waals surface area contributed by atoms with E-state index >= 15 is 0 Å². The van der Waals surface area contributed by atoms with Crippen LogP contribution < -0.4 is 10.9 Å². The van der Waals surface area contributed by atoms with Crippen molar-refractivity contribution in [1.82, 2.24) is 19.9 Å². The third kappa shape index (κ3) is 5.21.